The highest BCUT2D eigenvalue weighted by Gasteiger charge is 2.17. The Morgan fingerprint density at radius 2 is 2.20 bits per heavy atom. The Morgan fingerprint density at radius 1 is 1.35 bits per heavy atom. The number of H-pyrrole nitrogens is 1. The molecule has 3 rings (SSSR count). The summed E-state index contributed by atoms with van der Waals surface area (Å²) in [7, 11) is 0. The first kappa shape index (κ1) is 13.3. The van der Waals surface area contributed by atoms with Gasteiger partial charge in [0.15, 0.2) is 0 Å². The molecule has 20 heavy (non-hydrogen) atoms. The Kier molecular flexibility index (Phi) is 4.14. The summed E-state index contributed by atoms with van der Waals surface area (Å²) in [4.78, 5) is 2.45. The summed E-state index contributed by atoms with van der Waals surface area (Å²) in [6.07, 6.45) is 3.35. The molecule has 0 radical (unpaired) electrons. The fourth-order valence-corrected chi connectivity index (χ4v) is 2.75. The second kappa shape index (κ2) is 6.20. The first-order valence-electron chi connectivity index (χ1n) is 7.24. The van der Waals surface area contributed by atoms with Crippen LogP contribution >= 0.6 is 0 Å². The van der Waals surface area contributed by atoms with Gasteiger partial charge in [0.25, 0.3) is 0 Å². The van der Waals surface area contributed by atoms with Crippen molar-refractivity contribution >= 4 is 0 Å². The minimum absolute atomic E-state index is 0.310. The fourth-order valence-electron chi connectivity index (χ4n) is 2.75. The van der Waals surface area contributed by atoms with Crippen LogP contribution in [-0.2, 0) is 11.3 Å². The summed E-state index contributed by atoms with van der Waals surface area (Å²) in [6.45, 7) is 6.01. The quantitative estimate of drug-likeness (QED) is 0.933. The number of aromatic nitrogens is 2. The Balaban J connectivity index is 1.76. The first-order valence-corrected chi connectivity index (χ1v) is 7.24. The maximum atomic E-state index is 5.70. The maximum Gasteiger partial charge on any atom is 0.0695 e. The number of nitrogens with zero attached hydrogens (tertiary/aromatic N) is 2. The van der Waals surface area contributed by atoms with Crippen molar-refractivity contribution in [2.75, 3.05) is 19.7 Å². The summed E-state index contributed by atoms with van der Waals surface area (Å²) >= 11 is 0. The van der Waals surface area contributed by atoms with Gasteiger partial charge in [-0.3, -0.25) is 10.00 Å². The summed E-state index contributed by atoms with van der Waals surface area (Å²) < 4.78 is 5.70. The molecule has 1 aromatic heterocycles. The second-order valence-corrected chi connectivity index (χ2v) is 5.41. The molecule has 0 saturated carbocycles. The lowest BCUT2D eigenvalue weighted by molar-refractivity contribution is 0.0668. The molecule has 1 saturated heterocycles. The van der Waals surface area contributed by atoms with E-state index in [1.807, 2.05) is 12.3 Å². The van der Waals surface area contributed by atoms with Crippen molar-refractivity contribution in [1.82, 2.24) is 15.1 Å². The largest absolute Gasteiger partial charge is 0.377 e. The highest BCUT2D eigenvalue weighted by atomic mass is 16.5. The maximum absolute atomic E-state index is 5.70. The standard InChI is InChI=1S/C16H21N3O/c1-13-11-19(8-5-9-20-13)12-15-10-17-18-16(15)14-6-3-2-4-7-14/h2-4,6-7,10,13H,5,8-9,11-12H2,1H3,(H,17,18)/t13-/m0/s1. The predicted octanol–water partition coefficient (Wildman–Crippen LogP) is 2.69. The zero-order chi connectivity index (χ0) is 13.8. The van der Waals surface area contributed by atoms with E-state index < -0.39 is 0 Å². The highest BCUT2D eigenvalue weighted by Crippen LogP contribution is 2.22. The minimum Gasteiger partial charge on any atom is -0.377 e. The van der Waals surface area contributed by atoms with Crippen LogP contribution in [0.1, 0.15) is 18.9 Å². The van der Waals surface area contributed by atoms with Crippen molar-refractivity contribution in [3.8, 4) is 11.3 Å². The highest BCUT2D eigenvalue weighted by molar-refractivity contribution is 5.62. The van der Waals surface area contributed by atoms with Crippen LogP contribution in [0.4, 0.5) is 0 Å². The third-order valence-corrected chi connectivity index (χ3v) is 3.71. The van der Waals surface area contributed by atoms with Crippen molar-refractivity contribution < 1.29 is 4.74 Å². The minimum atomic E-state index is 0.310. The molecule has 106 valence electrons. The van der Waals surface area contributed by atoms with E-state index in [0.717, 1.165) is 38.4 Å². The van der Waals surface area contributed by atoms with Crippen LogP contribution in [0.5, 0.6) is 0 Å². The Morgan fingerprint density at radius 3 is 3.05 bits per heavy atom. The van der Waals surface area contributed by atoms with Crippen molar-refractivity contribution in [2.24, 2.45) is 0 Å². The molecule has 1 aromatic carbocycles. The molecule has 0 amide bonds. The monoisotopic (exact) mass is 271 g/mol. The molecule has 2 aromatic rings. The number of hydrogen-bond donors (Lipinski definition) is 1. The van der Waals surface area contributed by atoms with Crippen molar-refractivity contribution in [1.29, 1.82) is 0 Å². The molecule has 1 atom stereocenters. The first-order chi connectivity index (χ1) is 9.83. The summed E-state index contributed by atoms with van der Waals surface area (Å²) in [5.41, 5.74) is 3.58. The zero-order valence-electron chi connectivity index (χ0n) is 11.9. The molecule has 2 heterocycles. The Hall–Kier alpha value is -1.65. The summed E-state index contributed by atoms with van der Waals surface area (Å²) in [5.74, 6) is 0. The molecule has 0 bridgehead atoms. The average molecular weight is 271 g/mol. The normalized spacial score (nSPS) is 20.8. The lowest BCUT2D eigenvalue weighted by atomic mass is 10.1. The van der Waals surface area contributed by atoms with E-state index in [4.69, 9.17) is 4.74 Å². The van der Waals surface area contributed by atoms with Crippen LogP contribution in [0.15, 0.2) is 36.5 Å². The molecule has 0 unspecified atom stereocenters. The third-order valence-electron chi connectivity index (χ3n) is 3.71. The van der Waals surface area contributed by atoms with Crippen LogP contribution in [0.2, 0.25) is 0 Å². The molecule has 1 fully saturated rings. The molecule has 0 spiro atoms. The van der Waals surface area contributed by atoms with Crippen LogP contribution < -0.4 is 0 Å². The van der Waals surface area contributed by atoms with Gasteiger partial charge in [-0.2, -0.15) is 5.10 Å². The van der Waals surface area contributed by atoms with Gasteiger partial charge in [0.2, 0.25) is 0 Å². The van der Waals surface area contributed by atoms with Crippen LogP contribution in [0.3, 0.4) is 0 Å². The molecule has 4 heteroatoms. The fraction of sp³-hybridized carbons (Fsp3) is 0.438. The molecular weight excluding hydrogens is 250 g/mol. The molecule has 1 aliphatic heterocycles. The Labute approximate surface area is 119 Å². The van der Waals surface area contributed by atoms with Gasteiger partial charge in [0, 0.05) is 31.8 Å². The predicted molar refractivity (Wildman–Crippen MR) is 79.3 cm³/mol. The number of hydrogen-bond acceptors (Lipinski definition) is 3. The van der Waals surface area contributed by atoms with Gasteiger partial charge in [-0.25, -0.2) is 0 Å². The van der Waals surface area contributed by atoms with E-state index in [0.29, 0.717) is 6.10 Å². The van der Waals surface area contributed by atoms with E-state index >= 15 is 0 Å². The smallest absolute Gasteiger partial charge is 0.0695 e. The van der Waals surface area contributed by atoms with Gasteiger partial charge < -0.3 is 4.74 Å². The SMILES string of the molecule is C[C@H]1CN(Cc2cn[nH]c2-c2ccccc2)CCCO1. The Bertz CT molecular complexity index is 538. The topological polar surface area (TPSA) is 41.2 Å². The van der Waals surface area contributed by atoms with Gasteiger partial charge in [-0.05, 0) is 18.9 Å². The van der Waals surface area contributed by atoms with Crippen LogP contribution in [0.25, 0.3) is 11.3 Å². The van der Waals surface area contributed by atoms with Crippen molar-refractivity contribution in [3.05, 3.63) is 42.1 Å². The van der Waals surface area contributed by atoms with Gasteiger partial charge in [-0.1, -0.05) is 30.3 Å². The number of aromatic amines is 1. The number of ether oxygens (including phenoxy) is 1. The number of benzene rings is 1. The molecule has 0 aliphatic carbocycles. The second-order valence-electron chi connectivity index (χ2n) is 5.41. The molecule has 1 N–H and O–H groups in total. The summed E-state index contributed by atoms with van der Waals surface area (Å²) in [5, 5.41) is 7.35. The van der Waals surface area contributed by atoms with E-state index in [2.05, 4.69) is 46.3 Å². The van der Waals surface area contributed by atoms with Gasteiger partial charge >= 0.3 is 0 Å². The van der Waals surface area contributed by atoms with E-state index in [1.165, 1.54) is 11.1 Å². The van der Waals surface area contributed by atoms with E-state index in [-0.39, 0.29) is 0 Å². The van der Waals surface area contributed by atoms with E-state index in [9.17, 15) is 0 Å². The van der Waals surface area contributed by atoms with Crippen LogP contribution in [-0.4, -0.2) is 40.9 Å². The van der Waals surface area contributed by atoms with Gasteiger partial charge in [-0.15, -0.1) is 0 Å². The number of rotatable bonds is 3. The molecule has 4 nitrogen and oxygen atoms in total. The van der Waals surface area contributed by atoms with Crippen molar-refractivity contribution in [3.63, 3.8) is 0 Å². The van der Waals surface area contributed by atoms with Gasteiger partial charge in [0.1, 0.15) is 0 Å². The lowest BCUT2D eigenvalue weighted by Gasteiger charge is -2.21. The van der Waals surface area contributed by atoms with Crippen molar-refractivity contribution in [2.45, 2.75) is 26.0 Å². The van der Waals surface area contributed by atoms with E-state index in [1.54, 1.807) is 0 Å². The van der Waals surface area contributed by atoms with Gasteiger partial charge in [0.05, 0.1) is 18.0 Å². The lowest BCUT2D eigenvalue weighted by Crippen LogP contribution is -2.29. The zero-order valence-corrected chi connectivity index (χ0v) is 11.9. The van der Waals surface area contributed by atoms with Crippen LogP contribution in [0, 0.1) is 0 Å². The third kappa shape index (κ3) is 3.08. The average Bonchev–Trinajstić information content (AvgIpc) is 2.82. The number of nitrogens with one attached hydrogen (secondary N) is 1. The molecular formula is C16H21N3O. The summed E-state index contributed by atoms with van der Waals surface area (Å²) in [6, 6.07) is 10.4. The molecule has 1 aliphatic rings.